The Balaban J connectivity index is 1.54. The predicted molar refractivity (Wildman–Crippen MR) is 131 cm³/mol. The van der Waals surface area contributed by atoms with Crippen LogP contribution in [0.1, 0.15) is 12.6 Å². The quantitative estimate of drug-likeness (QED) is 0.129. The van der Waals surface area contributed by atoms with Crippen LogP contribution in [0, 0.1) is 0 Å². The van der Waals surface area contributed by atoms with Gasteiger partial charge >= 0.3 is 5.97 Å². The molecule has 14 nitrogen and oxygen atoms in total. The fraction of sp³-hybridized carbons (Fsp3) is 0.278. The van der Waals surface area contributed by atoms with Crippen LogP contribution in [0.4, 0.5) is 16.9 Å². The number of aliphatic carboxylic acids is 1. The second-order valence-corrected chi connectivity index (χ2v) is 10.1. The van der Waals surface area contributed by atoms with Crippen LogP contribution in [-0.2, 0) is 19.2 Å². The molecule has 0 saturated carbocycles. The fourth-order valence-electron chi connectivity index (χ4n) is 3.25. The van der Waals surface area contributed by atoms with Crippen molar-refractivity contribution in [3.63, 3.8) is 0 Å². The van der Waals surface area contributed by atoms with Crippen molar-refractivity contribution in [3.05, 3.63) is 27.7 Å². The van der Waals surface area contributed by atoms with E-state index in [1.807, 2.05) is 0 Å². The maximum Gasteiger partial charge on any atom is 0.353 e. The standard InChI is InChI=1S/C18H19N9O5S3/c1-2-32-26-10(6-4-34-18(21)22-6)13(28)25-11-14(29)27-12(16(30)31)7(5-33-15(11)27)35-9-3-8(19)23-17(20)24-9/h3-4,11,15H,2,5H2,1H3,(H2,21,22)(H,25,28)(H,30,31)(H4,19,20,23,24)/b26-10-. The van der Waals surface area contributed by atoms with Gasteiger partial charge in [0.15, 0.2) is 10.8 Å². The molecule has 0 aliphatic carbocycles. The van der Waals surface area contributed by atoms with Crippen LogP contribution in [0.15, 0.2) is 32.2 Å². The van der Waals surface area contributed by atoms with E-state index in [1.165, 1.54) is 17.8 Å². The summed E-state index contributed by atoms with van der Waals surface area (Å²) >= 11 is 3.44. The van der Waals surface area contributed by atoms with E-state index < -0.39 is 29.2 Å². The number of anilines is 3. The molecule has 4 rings (SSSR count). The third-order valence-electron chi connectivity index (χ3n) is 4.65. The highest BCUT2D eigenvalue weighted by Gasteiger charge is 2.54. The number of nitrogens with one attached hydrogen (secondary N) is 1. The number of aromatic nitrogens is 3. The molecule has 2 unspecified atom stereocenters. The van der Waals surface area contributed by atoms with Gasteiger partial charge in [0.2, 0.25) is 5.95 Å². The zero-order valence-electron chi connectivity index (χ0n) is 18.0. The summed E-state index contributed by atoms with van der Waals surface area (Å²) < 4.78 is 0. The normalized spacial score (nSPS) is 19.7. The lowest BCUT2D eigenvalue weighted by atomic mass is 10.0. The highest BCUT2D eigenvalue weighted by atomic mass is 32.2. The summed E-state index contributed by atoms with van der Waals surface area (Å²) in [7, 11) is 0. The minimum absolute atomic E-state index is 0.0551. The molecular weight excluding hydrogens is 518 g/mol. The number of carbonyl (C=O) groups is 3. The molecular formula is C18H19N9O5S3. The zero-order valence-corrected chi connectivity index (χ0v) is 20.4. The van der Waals surface area contributed by atoms with E-state index in [4.69, 9.17) is 22.0 Å². The maximum absolute atomic E-state index is 13.0. The molecule has 35 heavy (non-hydrogen) atoms. The number of hydrogen-bond acceptors (Lipinski definition) is 14. The van der Waals surface area contributed by atoms with Gasteiger partial charge in [0.25, 0.3) is 11.8 Å². The molecule has 2 aromatic rings. The molecule has 2 aromatic heterocycles. The average Bonchev–Trinajstić information content (AvgIpc) is 3.22. The number of nitrogen functional groups attached to an aromatic ring is 3. The van der Waals surface area contributed by atoms with E-state index in [0.717, 1.165) is 28.0 Å². The Morgan fingerprint density at radius 3 is 2.74 bits per heavy atom. The van der Waals surface area contributed by atoms with Crippen molar-refractivity contribution in [2.45, 2.75) is 23.4 Å². The van der Waals surface area contributed by atoms with Gasteiger partial charge in [-0.15, -0.1) is 23.1 Å². The minimum Gasteiger partial charge on any atom is -0.477 e. The highest BCUT2D eigenvalue weighted by molar-refractivity contribution is 8.06. The van der Waals surface area contributed by atoms with Gasteiger partial charge in [-0.25, -0.2) is 14.8 Å². The van der Waals surface area contributed by atoms with Crippen LogP contribution in [0.25, 0.3) is 0 Å². The maximum atomic E-state index is 13.0. The third kappa shape index (κ3) is 4.96. The van der Waals surface area contributed by atoms with Crippen LogP contribution in [-0.4, -0.2) is 72.2 Å². The van der Waals surface area contributed by atoms with Gasteiger partial charge in [-0.3, -0.25) is 14.5 Å². The minimum atomic E-state index is -1.29. The number of rotatable bonds is 8. The fourth-order valence-corrected chi connectivity index (χ4v) is 6.28. The summed E-state index contributed by atoms with van der Waals surface area (Å²) in [5.74, 6) is -2.24. The van der Waals surface area contributed by atoms with Gasteiger partial charge in [0.1, 0.15) is 40.3 Å². The first-order valence-electron chi connectivity index (χ1n) is 9.90. The lowest BCUT2D eigenvalue weighted by molar-refractivity contribution is -0.150. The van der Waals surface area contributed by atoms with Crippen LogP contribution in [0.2, 0.25) is 0 Å². The first-order chi connectivity index (χ1) is 16.7. The van der Waals surface area contributed by atoms with Gasteiger partial charge in [0, 0.05) is 22.1 Å². The number of thioether (sulfide) groups is 2. The molecule has 17 heteroatoms. The summed E-state index contributed by atoms with van der Waals surface area (Å²) in [6.07, 6.45) is 0. The van der Waals surface area contributed by atoms with Gasteiger partial charge in [-0.05, 0) is 6.92 Å². The van der Waals surface area contributed by atoms with Gasteiger partial charge in [-0.2, -0.15) is 4.98 Å². The Morgan fingerprint density at radius 1 is 1.34 bits per heavy atom. The smallest absolute Gasteiger partial charge is 0.353 e. The largest absolute Gasteiger partial charge is 0.477 e. The van der Waals surface area contributed by atoms with Crippen molar-refractivity contribution in [1.29, 1.82) is 0 Å². The lowest BCUT2D eigenvalue weighted by Crippen LogP contribution is -2.71. The Labute approximate surface area is 210 Å². The Morgan fingerprint density at radius 2 is 2.11 bits per heavy atom. The molecule has 2 amide bonds. The molecule has 0 aromatic carbocycles. The topological polar surface area (TPSA) is 225 Å². The van der Waals surface area contributed by atoms with E-state index in [-0.39, 0.29) is 46.4 Å². The summed E-state index contributed by atoms with van der Waals surface area (Å²) in [4.78, 5) is 56.3. The second-order valence-electron chi connectivity index (χ2n) is 6.96. The first-order valence-corrected chi connectivity index (χ1v) is 12.6. The Kier molecular flexibility index (Phi) is 6.99. The molecule has 4 heterocycles. The number of carbonyl (C=O) groups excluding carboxylic acids is 2. The molecule has 0 radical (unpaired) electrons. The molecule has 2 aliphatic rings. The Hall–Kier alpha value is -3.57. The van der Waals surface area contributed by atoms with Crippen molar-refractivity contribution in [2.24, 2.45) is 5.16 Å². The SMILES string of the molecule is CCO/N=C(\C(=O)NC1C(=O)N2C(C(=O)O)=C(Sc3cc(N)nc(N)n3)CSC12)c1csc(N)n1. The van der Waals surface area contributed by atoms with E-state index >= 15 is 0 Å². The average molecular weight is 538 g/mol. The number of fused-ring (bicyclic) bond motifs is 1. The number of thiazole rings is 1. The number of carboxylic acids is 1. The summed E-state index contributed by atoms with van der Waals surface area (Å²) in [6, 6.07) is 0.483. The molecule has 0 spiro atoms. The number of hydrogen-bond donors (Lipinski definition) is 5. The summed E-state index contributed by atoms with van der Waals surface area (Å²) in [5.41, 5.74) is 16.8. The van der Waals surface area contributed by atoms with Crippen molar-refractivity contribution in [3.8, 4) is 0 Å². The van der Waals surface area contributed by atoms with E-state index in [1.54, 1.807) is 12.3 Å². The number of nitrogens with zero attached hydrogens (tertiary/aromatic N) is 5. The first kappa shape index (κ1) is 24.6. The molecule has 0 bridgehead atoms. The van der Waals surface area contributed by atoms with Crippen molar-refractivity contribution < 1.29 is 24.3 Å². The van der Waals surface area contributed by atoms with E-state index in [9.17, 15) is 19.5 Å². The Bertz CT molecular complexity index is 1240. The predicted octanol–water partition coefficient (Wildman–Crippen LogP) is -0.0913. The van der Waals surface area contributed by atoms with Crippen LogP contribution in [0.5, 0.6) is 0 Å². The highest BCUT2D eigenvalue weighted by Crippen LogP contribution is 2.45. The van der Waals surface area contributed by atoms with Gasteiger partial charge in [0.05, 0.1) is 0 Å². The molecule has 184 valence electrons. The number of carboxylic acid groups (broad SMARTS) is 1. The summed E-state index contributed by atoms with van der Waals surface area (Å²) in [6.45, 7) is 1.90. The molecule has 2 atom stereocenters. The number of nitrogens with two attached hydrogens (primary N) is 3. The molecule has 2 aliphatic heterocycles. The van der Waals surface area contributed by atoms with Crippen molar-refractivity contribution in [1.82, 2.24) is 25.2 Å². The van der Waals surface area contributed by atoms with Crippen molar-refractivity contribution >= 4 is 75.3 Å². The van der Waals surface area contributed by atoms with Gasteiger partial charge in [-0.1, -0.05) is 16.9 Å². The molecule has 8 N–H and O–H groups in total. The van der Waals surface area contributed by atoms with Gasteiger partial charge < -0.3 is 32.5 Å². The third-order valence-corrected chi connectivity index (χ3v) is 7.79. The number of oxime groups is 1. The van der Waals surface area contributed by atoms with Crippen LogP contribution < -0.4 is 22.5 Å². The zero-order chi connectivity index (χ0) is 25.3. The number of β-lactam (4-membered cyclic amide) rings is 1. The van der Waals surface area contributed by atoms with Crippen LogP contribution >= 0.6 is 34.9 Å². The monoisotopic (exact) mass is 537 g/mol. The molecule has 1 fully saturated rings. The van der Waals surface area contributed by atoms with Crippen molar-refractivity contribution in [2.75, 3.05) is 29.6 Å². The summed E-state index contributed by atoms with van der Waals surface area (Å²) in [5, 5.41) is 17.7. The van der Waals surface area contributed by atoms with Crippen LogP contribution in [0.3, 0.4) is 0 Å². The molecule has 1 saturated heterocycles. The second kappa shape index (κ2) is 9.96. The van der Waals surface area contributed by atoms with E-state index in [2.05, 4.69) is 25.4 Å². The number of amides is 2. The van der Waals surface area contributed by atoms with E-state index in [0.29, 0.717) is 9.93 Å². The lowest BCUT2D eigenvalue weighted by Gasteiger charge is -2.49.